The van der Waals surface area contributed by atoms with Crippen molar-refractivity contribution >= 4 is 34.3 Å². The third-order valence-electron chi connectivity index (χ3n) is 11.5. The lowest BCUT2D eigenvalue weighted by molar-refractivity contribution is -0.286. The Hall–Kier alpha value is -2.09. The van der Waals surface area contributed by atoms with Crippen LogP contribution in [0.1, 0.15) is 52.0 Å². The molecule has 9 atom stereocenters. The molecule has 224 valence electrons. The standard InChI is InChI=1S/C32H35ClF2N2O4S/c1-28-10-9-22(38)13-23(28)24(34)14-25-29(2)15-20-18-37(17-19-5-7-21(33)8-6-19)41-32(20,27(40)42-12-4-11-36)30(29,3)16-26(39)31(25,28)35/h5-10,13,20,24-26,39H,4,12,14-18H2,1-3H3/t20-,24-,25-,26-,28-,29-,30-,31-,32-/m0/s1. The first kappa shape index (κ1) is 30.0. The summed E-state index contributed by atoms with van der Waals surface area (Å²) in [7, 11) is 0. The molecule has 0 amide bonds. The van der Waals surface area contributed by atoms with Crippen LogP contribution < -0.4 is 0 Å². The van der Waals surface area contributed by atoms with Crippen LogP contribution in [0, 0.1) is 39.4 Å². The van der Waals surface area contributed by atoms with Gasteiger partial charge in [-0.25, -0.2) is 8.78 Å². The number of alkyl halides is 2. The van der Waals surface area contributed by atoms with E-state index in [2.05, 4.69) is 6.07 Å². The zero-order valence-electron chi connectivity index (χ0n) is 23.9. The van der Waals surface area contributed by atoms with Crippen LogP contribution in [0.5, 0.6) is 0 Å². The highest BCUT2D eigenvalue weighted by molar-refractivity contribution is 8.13. The highest BCUT2D eigenvalue weighted by atomic mass is 35.5. The normalized spacial score (nSPS) is 44.0. The highest BCUT2D eigenvalue weighted by Gasteiger charge is 2.83. The van der Waals surface area contributed by atoms with Gasteiger partial charge in [0.1, 0.15) is 6.17 Å². The fourth-order valence-electron chi connectivity index (χ4n) is 9.30. The Bertz CT molecular complexity index is 1430. The number of allylic oxidation sites excluding steroid dienone is 4. The van der Waals surface area contributed by atoms with Gasteiger partial charge in [-0.2, -0.15) is 10.3 Å². The van der Waals surface area contributed by atoms with E-state index in [4.69, 9.17) is 21.7 Å². The Morgan fingerprint density at radius 2 is 1.98 bits per heavy atom. The average molecular weight is 617 g/mol. The number of halogens is 3. The summed E-state index contributed by atoms with van der Waals surface area (Å²) in [4.78, 5) is 33.2. The van der Waals surface area contributed by atoms with E-state index >= 15 is 8.78 Å². The van der Waals surface area contributed by atoms with Crippen LogP contribution in [-0.2, 0) is 21.0 Å². The van der Waals surface area contributed by atoms with Crippen molar-refractivity contribution in [2.24, 2.45) is 28.1 Å². The van der Waals surface area contributed by atoms with Crippen LogP contribution in [0.15, 0.2) is 48.1 Å². The van der Waals surface area contributed by atoms with Crippen molar-refractivity contribution in [2.45, 2.75) is 76.5 Å². The number of hydrogen-bond acceptors (Lipinski definition) is 7. The van der Waals surface area contributed by atoms with Gasteiger partial charge in [0.15, 0.2) is 17.1 Å². The van der Waals surface area contributed by atoms with Gasteiger partial charge in [0, 0.05) is 53.0 Å². The maximum absolute atomic E-state index is 17.8. The van der Waals surface area contributed by atoms with Crippen molar-refractivity contribution in [3.05, 3.63) is 58.7 Å². The summed E-state index contributed by atoms with van der Waals surface area (Å²) in [6, 6.07) is 9.43. The number of fused-ring (bicyclic) bond motifs is 7. The first-order valence-electron chi connectivity index (χ1n) is 14.5. The summed E-state index contributed by atoms with van der Waals surface area (Å²) < 4.78 is 33.8. The number of nitriles is 1. The molecular weight excluding hydrogens is 582 g/mol. The zero-order chi connectivity index (χ0) is 30.3. The second-order valence-electron chi connectivity index (χ2n) is 13.3. The molecule has 4 fully saturated rings. The van der Waals surface area contributed by atoms with E-state index in [0.717, 1.165) is 17.3 Å². The van der Waals surface area contributed by atoms with Gasteiger partial charge in [0.05, 0.1) is 12.2 Å². The summed E-state index contributed by atoms with van der Waals surface area (Å²) in [5.74, 6) is -1.39. The molecule has 6 nitrogen and oxygen atoms in total. The number of aliphatic hydroxyl groups is 1. The van der Waals surface area contributed by atoms with Crippen LogP contribution in [0.3, 0.4) is 0 Å². The van der Waals surface area contributed by atoms with E-state index in [1.54, 1.807) is 24.1 Å². The monoisotopic (exact) mass is 616 g/mol. The molecule has 0 aromatic heterocycles. The van der Waals surface area contributed by atoms with E-state index in [1.165, 1.54) is 18.2 Å². The largest absolute Gasteiger partial charge is 0.390 e. The minimum atomic E-state index is -2.26. The summed E-state index contributed by atoms with van der Waals surface area (Å²) in [5.41, 5.74) is -6.13. The average Bonchev–Trinajstić information content (AvgIpc) is 3.38. The molecular formula is C32H35ClF2N2O4S. The Morgan fingerprint density at radius 1 is 1.26 bits per heavy atom. The van der Waals surface area contributed by atoms with Gasteiger partial charge >= 0.3 is 0 Å². The molecule has 0 unspecified atom stereocenters. The van der Waals surface area contributed by atoms with Crippen molar-refractivity contribution in [3.63, 3.8) is 0 Å². The maximum atomic E-state index is 17.8. The lowest BCUT2D eigenvalue weighted by Gasteiger charge is -2.67. The molecule has 1 aromatic carbocycles. The van der Waals surface area contributed by atoms with Crippen LogP contribution in [0.25, 0.3) is 0 Å². The Balaban J connectivity index is 1.43. The molecule has 0 bridgehead atoms. The number of ketones is 1. The van der Waals surface area contributed by atoms with Gasteiger partial charge in [0.2, 0.25) is 5.12 Å². The van der Waals surface area contributed by atoms with E-state index in [1.807, 2.05) is 26.0 Å². The minimum absolute atomic E-state index is 0.0708. The molecule has 42 heavy (non-hydrogen) atoms. The predicted octanol–water partition coefficient (Wildman–Crippen LogP) is 5.93. The molecule has 1 N–H and O–H groups in total. The predicted molar refractivity (Wildman–Crippen MR) is 155 cm³/mol. The number of benzene rings is 1. The van der Waals surface area contributed by atoms with E-state index in [-0.39, 0.29) is 41.6 Å². The third-order valence-corrected chi connectivity index (χ3v) is 12.7. The molecule has 3 saturated carbocycles. The van der Waals surface area contributed by atoms with Gasteiger partial charge in [-0.3, -0.25) is 14.4 Å². The van der Waals surface area contributed by atoms with Crippen LogP contribution in [-0.4, -0.2) is 56.9 Å². The number of thioether (sulfide) groups is 1. The summed E-state index contributed by atoms with van der Waals surface area (Å²) >= 11 is 7.11. The number of carbonyl (C=O) groups is 2. The Labute approximate surface area is 254 Å². The number of carbonyl (C=O) groups excluding carboxylic acids is 2. The first-order chi connectivity index (χ1) is 19.8. The highest BCUT2D eigenvalue weighted by Crippen LogP contribution is 2.78. The van der Waals surface area contributed by atoms with Gasteiger partial charge in [-0.1, -0.05) is 55.4 Å². The molecule has 1 heterocycles. The fraction of sp³-hybridized carbons (Fsp3) is 0.594. The number of hydroxylamine groups is 2. The van der Waals surface area contributed by atoms with Gasteiger partial charge in [-0.05, 0) is 67.0 Å². The first-order valence-corrected chi connectivity index (χ1v) is 15.8. The molecule has 6 rings (SSSR count). The molecule has 1 aromatic rings. The second kappa shape index (κ2) is 9.97. The molecule has 10 heteroatoms. The SMILES string of the molecule is C[C@]12C[C@H](O)[C@@]3(F)[C@@H](C[C@H](F)C4=CC(=O)C=C[C@@]43C)[C@]1(C)C[C@H]1CN(Cc3ccc(Cl)cc3)O[C@]12C(=O)SCCC#N. The van der Waals surface area contributed by atoms with Crippen molar-refractivity contribution in [1.82, 2.24) is 5.06 Å². The number of hydrogen-bond donors (Lipinski definition) is 1. The van der Waals surface area contributed by atoms with Gasteiger partial charge < -0.3 is 5.11 Å². The quantitative estimate of drug-likeness (QED) is 0.410. The lowest BCUT2D eigenvalue weighted by atomic mass is 9.40. The molecule has 1 aliphatic heterocycles. The molecule has 0 spiro atoms. The second-order valence-corrected chi connectivity index (χ2v) is 14.8. The van der Waals surface area contributed by atoms with Crippen LogP contribution in [0.4, 0.5) is 8.78 Å². The van der Waals surface area contributed by atoms with Gasteiger partial charge in [0.25, 0.3) is 0 Å². The minimum Gasteiger partial charge on any atom is -0.390 e. The summed E-state index contributed by atoms with van der Waals surface area (Å²) in [6.45, 7) is 6.20. The Kier molecular flexibility index (Phi) is 7.11. The van der Waals surface area contributed by atoms with E-state index in [9.17, 15) is 14.7 Å². The smallest absolute Gasteiger partial charge is 0.223 e. The summed E-state index contributed by atoms with van der Waals surface area (Å²) in [5, 5.41) is 23.1. The van der Waals surface area contributed by atoms with Crippen LogP contribution >= 0.6 is 23.4 Å². The summed E-state index contributed by atoms with van der Waals surface area (Å²) in [6.07, 6.45) is 1.08. The van der Waals surface area contributed by atoms with Crippen LogP contribution in [0.2, 0.25) is 5.02 Å². The topological polar surface area (TPSA) is 90.6 Å². The third kappa shape index (κ3) is 3.78. The van der Waals surface area contributed by atoms with Crippen molar-refractivity contribution in [3.8, 4) is 6.07 Å². The number of aliphatic hydroxyl groups excluding tert-OH is 1. The molecule has 4 aliphatic carbocycles. The number of rotatable bonds is 5. The maximum Gasteiger partial charge on any atom is 0.223 e. The number of nitrogens with zero attached hydrogens (tertiary/aromatic N) is 2. The van der Waals surface area contributed by atoms with Crippen molar-refractivity contribution in [1.29, 1.82) is 5.26 Å². The molecule has 5 aliphatic rings. The molecule has 0 radical (unpaired) electrons. The lowest BCUT2D eigenvalue weighted by Crippen LogP contribution is -2.73. The van der Waals surface area contributed by atoms with E-state index < -0.39 is 51.5 Å². The van der Waals surface area contributed by atoms with E-state index in [0.29, 0.717) is 24.5 Å². The van der Waals surface area contributed by atoms with Crippen molar-refractivity contribution < 1.29 is 28.3 Å². The Morgan fingerprint density at radius 3 is 2.67 bits per heavy atom. The van der Waals surface area contributed by atoms with Crippen molar-refractivity contribution in [2.75, 3.05) is 12.3 Å². The molecule has 1 saturated heterocycles. The fourth-order valence-corrected chi connectivity index (χ4v) is 10.5. The zero-order valence-corrected chi connectivity index (χ0v) is 25.5. The van der Waals surface area contributed by atoms with Gasteiger partial charge in [-0.15, -0.1) is 0 Å².